The van der Waals surface area contributed by atoms with Gasteiger partial charge >= 0.3 is 6.09 Å². The molecule has 2 atom stereocenters. The molecule has 0 aliphatic carbocycles. The number of likely N-dealkylation sites (tertiary alicyclic amines) is 1. The quantitative estimate of drug-likeness (QED) is 0.719. The third-order valence-electron chi connectivity index (χ3n) is 4.81. The molecule has 1 aromatic carbocycles. The van der Waals surface area contributed by atoms with Gasteiger partial charge in [0.25, 0.3) is 0 Å². The lowest BCUT2D eigenvalue weighted by molar-refractivity contribution is 0.0635. The van der Waals surface area contributed by atoms with Crippen LogP contribution in [0.4, 0.5) is 15.1 Å². The molecule has 3 rings (SSSR count). The Bertz CT molecular complexity index is 810. The zero-order chi connectivity index (χ0) is 20.9. The molecule has 2 unspecified atom stereocenters. The number of aromatic nitrogens is 1. The number of rotatable bonds is 6. The van der Waals surface area contributed by atoms with E-state index < -0.39 is 11.7 Å². The summed E-state index contributed by atoms with van der Waals surface area (Å²) in [5.74, 6) is 0.522. The zero-order valence-corrected chi connectivity index (χ0v) is 17.2. The van der Waals surface area contributed by atoms with Crippen molar-refractivity contribution in [3.05, 3.63) is 59.8 Å². The molecule has 0 radical (unpaired) electrons. The van der Waals surface area contributed by atoms with E-state index in [0.717, 1.165) is 18.8 Å². The summed E-state index contributed by atoms with van der Waals surface area (Å²) in [7, 11) is 0. The third kappa shape index (κ3) is 6.51. The molecular weight excluding hydrogens is 371 g/mol. The van der Waals surface area contributed by atoms with Crippen molar-refractivity contribution in [3.63, 3.8) is 0 Å². The number of ether oxygens (including phenoxy) is 1. The van der Waals surface area contributed by atoms with Crippen LogP contribution < -0.4 is 10.9 Å². The van der Waals surface area contributed by atoms with Crippen molar-refractivity contribution in [2.45, 2.75) is 45.4 Å². The van der Waals surface area contributed by atoms with Gasteiger partial charge in [-0.1, -0.05) is 36.4 Å². The lowest BCUT2D eigenvalue weighted by Gasteiger charge is -2.20. The second kappa shape index (κ2) is 9.33. The number of hydrogen-bond acceptors (Lipinski definition) is 5. The summed E-state index contributed by atoms with van der Waals surface area (Å²) in [4.78, 5) is 18.7. The van der Waals surface area contributed by atoms with E-state index in [1.807, 2.05) is 56.6 Å². The molecule has 0 bridgehead atoms. The number of carbonyl (C=O) groups is 1. The lowest BCUT2D eigenvalue weighted by Crippen LogP contribution is -2.32. The predicted octanol–water partition coefficient (Wildman–Crippen LogP) is 3.95. The third-order valence-corrected chi connectivity index (χ3v) is 4.81. The van der Waals surface area contributed by atoms with E-state index in [0.29, 0.717) is 18.8 Å². The highest BCUT2D eigenvalue weighted by Crippen LogP contribution is 2.23. The van der Waals surface area contributed by atoms with Crippen molar-refractivity contribution >= 4 is 11.9 Å². The Morgan fingerprint density at radius 2 is 1.93 bits per heavy atom. The van der Waals surface area contributed by atoms with Crippen LogP contribution >= 0.6 is 0 Å². The van der Waals surface area contributed by atoms with Crippen molar-refractivity contribution in [2.24, 2.45) is 5.92 Å². The van der Waals surface area contributed by atoms with Gasteiger partial charge in [0.15, 0.2) is 0 Å². The van der Waals surface area contributed by atoms with Gasteiger partial charge in [-0.15, -0.1) is 4.48 Å². The molecule has 0 spiro atoms. The smallest absolute Gasteiger partial charge is 0.413 e. The van der Waals surface area contributed by atoms with Crippen molar-refractivity contribution in [1.29, 1.82) is 0 Å². The van der Waals surface area contributed by atoms with Crippen molar-refractivity contribution in [3.8, 4) is 0 Å². The first kappa shape index (κ1) is 21.2. The fraction of sp³-hybridized carbons (Fsp3) is 0.455. The summed E-state index contributed by atoms with van der Waals surface area (Å²) >= 11 is 0. The molecule has 2 aromatic rings. The van der Waals surface area contributed by atoms with E-state index in [1.54, 1.807) is 6.07 Å². The molecule has 29 heavy (non-hydrogen) atoms. The van der Waals surface area contributed by atoms with Gasteiger partial charge in [-0.3, -0.25) is 10.2 Å². The highest BCUT2D eigenvalue weighted by atomic mass is 19.2. The van der Waals surface area contributed by atoms with Gasteiger partial charge < -0.3 is 4.74 Å². The minimum Gasteiger partial charge on any atom is -0.444 e. The number of anilines is 1. The number of nitrogens with one attached hydrogen (secondary N) is 2. The van der Waals surface area contributed by atoms with Crippen LogP contribution in [0.25, 0.3) is 0 Å². The largest absolute Gasteiger partial charge is 0.444 e. The van der Waals surface area contributed by atoms with Crippen molar-refractivity contribution in [2.75, 3.05) is 18.4 Å². The van der Waals surface area contributed by atoms with Gasteiger partial charge in [0.1, 0.15) is 11.4 Å². The van der Waals surface area contributed by atoms with E-state index >= 15 is 0 Å². The minimum absolute atomic E-state index is 0.0907. The molecule has 7 heteroatoms. The van der Waals surface area contributed by atoms with Gasteiger partial charge in [-0.2, -0.15) is 5.54 Å². The Kier molecular flexibility index (Phi) is 6.82. The van der Waals surface area contributed by atoms with Crippen molar-refractivity contribution < 1.29 is 14.0 Å². The molecule has 156 valence electrons. The van der Waals surface area contributed by atoms with E-state index in [9.17, 15) is 9.28 Å². The Labute approximate surface area is 171 Å². The molecule has 1 amide bonds. The van der Waals surface area contributed by atoms with Crippen LogP contribution in [0.3, 0.4) is 0 Å². The van der Waals surface area contributed by atoms with E-state index in [-0.39, 0.29) is 12.0 Å². The Hall–Kier alpha value is -2.51. The first-order valence-corrected chi connectivity index (χ1v) is 9.91. The highest BCUT2D eigenvalue weighted by Gasteiger charge is 2.33. The second-order valence-corrected chi connectivity index (χ2v) is 8.50. The van der Waals surface area contributed by atoms with Crippen LogP contribution in [0, 0.1) is 5.92 Å². The van der Waals surface area contributed by atoms with Crippen molar-refractivity contribution in [1.82, 2.24) is 15.4 Å². The first-order valence-electron chi connectivity index (χ1n) is 9.91. The SMILES string of the molecule is CC(C)(C)OC(=O)Nc1cccc(CC2CN(Cc3ccccc3)CC2NF)n1. The maximum atomic E-state index is 13.4. The molecule has 2 N–H and O–H groups in total. The molecule has 2 heterocycles. The van der Waals surface area contributed by atoms with Crippen LogP contribution in [0.5, 0.6) is 0 Å². The van der Waals surface area contributed by atoms with Crippen LogP contribution in [0.2, 0.25) is 0 Å². The number of hydrogen-bond donors (Lipinski definition) is 2. The van der Waals surface area contributed by atoms with Gasteiger partial charge in [-0.25, -0.2) is 9.78 Å². The molecule has 1 aliphatic heterocycles. The summed E-state index contributed by atoms with van der Waals surface area (Å²) in [5, 5.41) is 2.66. The van der Waals surface area contributed by atoms with Gasteiger partial charge in [0.2, 0.25) is 0 Å². The number of carbonyl (C=O) groups excluding carboxylic acids is 1. The molecule has 1 aliphatic rings. The predicted molar refractivity (Wildman–Crippen MR) is 111 cm³/mol. The van der Waals surface area contributed by atoms with Gasteiger partial charge in [0, 0.05) is 25.3 Å². The number of pyridine rings is 1. The van der Waals surface area contributed by atoms with Crippen LogP contribution in [-0.2, 0) is 17.7 Å². The lowest BCUT2D eigenvalue weighted by atomic mass is 9.98. The molecule has 1 saturated heterocycles. The Morgan fingerprint density at radius 1 is 1.17 bits per heavy atom. The van der Waals surface area contributed by atoms with Crippen LogP contribution in [0.1, 0.15) is 32.0 Å². The van der Waals surface area contributed by atoms with Gasteiger partial charge in [0.05, 0.1) is 6.04 Å². The standard InChI is InChI=1S/C22H29FN4O2/c1-22(2,3)29-21(28)25-20-11-7-10-18(24-20)12-17-14-27(15-19(17)26-23)13-16-8-5-4-6-9-16/h4-11,17,19,26H,12-15H2,1-3H3,(H,24,25,28). The zero-order valence-electron chi connectivity index (χ0n) is 17.2. The van der Waals surface area contributed by atoms with E-state index in [1.165, 1.54) is 5.56 Å². The molecular formula is C22H29FN4O2. The molecule has 6 nitrogen and oxygen atoms in total. The van der Waals surface area contributed by atoms with E-state index in [2.05, 4.69) is 27.3 Å². The Morgan fingerprint density at radius 3 is 2.62 bits per heavy atom. The highest BCUT2D eigenvalue weighted by molar-refractivity contribution is 5.83. The fourth-order valence-electron chi connectivity index (χ4n) is 3.60. The summed E-state index contributed by atoms with van der Waals surface area (Å²) in [6.07, 6.45) is 0.0804. The first-order chi connectivity index (χ1) is 13.8. The summed E-state index contributed by atoms with van der Waals surface area (Å²) in [6.45, 7) is 7.64. The monoisotopic (exact) mass is 400 g/mol. The normalized spacial score (nSPS) is 19.9. The van der Waals surface area contributed by atoms with E-state index in [4.69, 9.17) is 4.74 Å². The summed E-state index contributed by atoms with van der Waals surface area (Å²) < 4.78 is 18.7. The summed E-state index contributed by atoms with van der Waals surface area (Å²) in [6, 6.07) is 15.4. The maximum absolute atomic E-state index is 13.4. The molecule has 1 fully saturated rings. The topological polar surface area (TPSA) is 66.5 Å². The molecule has 0 saturated carbocycles. The van der Waals surface area contributed by atoms with Crippen LogP contribution in [0.15, 0.2) is 48.5 Å². The number of halogens is 1. The Balaban J connectivity index is 1.60. The number of benzene rings is 1. The average Bonchev–Trinajstić information content (AvgIpc) is 3.02. The molecule has 1 aromatic heterocycles. The average molecular weight is 400 g/mol. The van der Waals surface area contributed by atoms with Crippen LogP contribution in [-0.4, -0.2) is 40.7 Å². The minimum atomic E-state index is -0.576. The fourth-order valence-corrected chi connectivity index (χ4v) is 3.60. The number of amides is 1. The second-order valence-electron chi connectivity index (χ2n) is 8.50. The number of nitrogens with zero attached hydrogens (tertiary/aromatic N) is 2. The summed E-state index contributed by atoms with van der Waals surface area (Å²) in [5.41, 5.74) is 3.41. The maximum Gasteiger partial charge on any atom is 0.413 e. The van der Waals surface area contributed by atoms with Gasteiger partial charge in [-0.05, 0) is 50.8 Å².